The summed E-state index contributed by atoms with van der Waals surface area (Å²) in [5.41, 5.74) is 2.75. The minimum atomic E-state index is 0.769. The van der Waals surface area contributed by atoms with E-state index < -0.39 is 0 Å². The third-order valence-corrected chi connectivity index (χ3v) is 3.92. The number of nitrogens with zero attached hydrogens (tertiary/aromatic N) is 1. The Hall–Kier alpha value is -0.800. The first-order chi connectivity index (χ1) is 8.28. The first-order valence-corrected chi connectivity index (χ1v) is 7.08. The van der Waals surface area contributed by atoms with E-state index in [2.05, 4.69) is 57.1 Å². The number of fused-ring (bicyclic) bond motifs is 1. The molecule has 0 aliphatic heterocycles. The Kier molecular flexibility index (Phi) is 2.97. The van der Waals surface area contributed by atoms with Crippen LogP contribution in [-0.2, 0) is 13.1 Å². The highest BCUT2D eigenvalue weighted by molar-refractivity contribution is 9.10. The number of aryl methyl sites for hydroxylation is 1. The number of hydrogen-bond donors (Lipinski definition) is 1. The van der Waals surface area contributed by atoms with Gasteiger partial charge < -0.3 is 9.88 Å². The summed E-state index contributed by atoms with van der Waals surface area (Å²) in [6, 6.07) is 7.32. The molecule has 1 aromatic heterocycles. The van der Waals surface area contributed by atoms with Crippen LogP contribution in [0.4, 0.5) is 0 Å². The molecular weight excluding hydrogens is 276 g/mol. The van der Waals surface area contributed by atoms with E-state index in [1.54, 1.807) is 0 Å². The highest BCUT2D eigenvalue weighted by Crippen LogP contribution is 2.26. The van der Waals surface area contributed by atoms with Gasteiger partial charge in [0.05, 0.1) is 0 Å². The lowest BCUT2D eigenvalue weighted by Crippen LogP contribution is -2.14. The molecule has 90 valence electrons. The summed E-state index contributed by atoms with van der Waals surface area (Å²) in [4.78, 5) is 0. The Labute approximate surface area is 110 Å². The zero-order valence-electron chi connectivity index (χ0n) is 10.0. The second-order valence-electron chi connectivity index (χ2n) is 4.76. The largest absolute Gasteiger partial charge is 0.347 e. The van der Waals surface area contributed by atoms with Crippen molar-refractivity contribution in [1.29, 1.82) is 0 Å². The molecule has 2 aromatic rings. The van der Waals surface area contributed by atoms with E-state index in [9.17, 15) is 0 Å². The fourth-order valence-electron chi connectivity index (χ4n) is 2.29. The monoisotopic (exact) mass is 292 g/mol. The van der Waals surface area contributed by atoms with Gasteiger partial charge >= 0.3 is 0 Å². The molecule has 1 saturated carbocycles. The Bertz CT molecular complexity index is 540. The quantitative estimate of drug-likeness (QED) is 0.910. The van der Waals surface area contributed by atoms with Gasteiger partial charge in [0.15, 0.2) is 0 Å². The van der Waals surface area contributed by atoms with Crippen LogP contribution < -0.4 is 5.32 Å². The lowest BCUT2D eigenvalue weighted by atomic mass is 10.2. The Balaban J connectivity index is 1.98. The maximum absolute atomic E-state index is 3.59. The Morgan fingerprint density at radius 1 is 1.41 bits per heavy atom. The van der Waals surface area contributed by atoms with Crippen LogP contribution in [0.1, 0.15) is 25.3 Å². The van der Waals surface area contributed by atoms with Crippen LogP contribution in [0.2, 0.25) is 0 Å². The predicted molar refractivity (Wildman–Crippen MR) is 75.2 cm³/mol. The van der Waals surface area contributed by atoms with Gasteiger partial charge in [0, 0.05) is 40.7 Å². The Morgan fingerprint density at radius 3 is 2.94 bits per heavy atom. The van der Waals surface area contributed by atoms with E-state index >= 15 is 0 Å². The average molecular weight is 293 g/mol. The lowest BCUT2D eigenvalue weighted by Gasteiger charge is -2.01. The predicted octanol–water partition coefficient (Wildman–Crippen LogP) is 3.68. The van der Waals surface area contributed by atoms with E-state index in [-0.39, 0.29) is 0 Å². The molecule has 0 amide bonds. The topological polar surface area (TPSA) is 17.0 Å². The van der Waals surface area contributed by atoms with Crippen LogP contribution in [0.5, 0.6) is 0 Å². The molecule has 1 N–H and O–H groups in total. The number of halogens is 1. The number of nitrogens with one attached hydrogen (secondary N) is 1. The van der Waals surface area contributed by atoms with Crippen molar-refractivity contribution in [3.63, 3.8) is 0 Å². The van der Waals surface area contributed by atoms with Crippen molar-refractivity contribution in [2.24, 2.45) is 0 Å². The van der Waals surface area contributed by atoms with Crippen LogP contribution in [0.25, 0.3) is 10.9 Å². The summed E-state index contributed by atoms with van der Waals surface area (Å²) in [5, 5.41) is 4.97. The van der Waals surface area contributed by atoms with Crippen molar-refractivity contribution in [3.8, 4) is 0 Å². The molecule has 0 atom stereocenters. The van der Waals surface area contributed by atoms with Crippen LogP contribution in [0.15, 0.2) is 28.9 Å². The fourth-order valence-corrected chi connectivity index (χ4v) is 2.63. The van der Waals surface area contributed by atoms with Crippen molar-refractivity contribution in [1.82, 2.24) is 9.88 Å². The zero-order valence-corrected chi connectivity index (χ0v) is 11.6. The minimum Gasteiger partial charge on any atom is -0.347 e. The lowest BCUT2D eigenvalue weighted by molar-refractivity contribution is 0.686. The molecular formula is C14H17BrN2. The number of aromatic nitrogens is 1. The van der Waals surface area contributed by atoms with Crippen LogP contribution in [-0.4, -0.2) is 10.6 Å². The van der Waals surface area contributed by atoms with E-state index in [0.29, 0.717) is 0 Å². The number of hydrogen-bond acceptors (Lipinski definition) is 1. The van der Waals surface area contributed by atoms with Crippen LogP contribution in [0, 0.1) is 0 Å². The van der Waals surface area contributed by atoms with Crippen LogP contribution in [0.3, 0.4) is 0 Å². The number of rotatable bonds is 4. The van der Waals surface area contributed by atoms with E-state index in [0.717, 1.165) is 23.6 Å². The smallest absolute Gasteiger partial charge is 0.0494 e. The van der Waals surface area contributed by atoms with Crippen molar-refractivity contribution in [2.75, 3.05) is 0 Å². The summed E-state index contributed by atoms with van der Waals surface area (Å²) in [5.74, 6) is 0. The van der Waals surface area contributed by atoms with Crippen LogP contribution >= 0.6 is 15.9 Å². The molecule has 3 rings (SSSR count). The molecule has 0 bridgehead atoms. The van der Waals surface area contributed by atoms with Crippen molar-refractivity contribution < 1.29 is 0 Å². The molecule has 0 spiro atoms. The molecule has 17 heavy (non-hydrogen) atoms. The molecule has 1 aliphatic rings. The van der Waals surface area contributed by atoms with Gasteiger partial charge in [0.25, 0.3) is 0 Å². The van der Waals surface area contributed by atoms with Crippen molar-refractivity contribution in [3.05, 3.63) is 34.4 Å². The van der Waals surface area contributed by atoms with Gasteiger partial charge in [-0.2, -0.15) is 0 Å². The second kappa shape index (κ2) is 4.46. The normalized spacial score (nSPS) is 15.6. The highest BCUT2D eigenvalue weighted by Gasteiger charge is 2.20. The van der Waals surface area contributed by atoms with Crippen molar-refractivity contribution >= 4 is 26.8 Å². The minimum absolute atomic E-state index is 0.769. The van der Waals surface area contributed by atoms with Gasteiger partial charge in [-0.25, -0.2) is 0 Å². The third kappa shape index (κ3) is 2.26. The van der Waals surface area contributed by atoms with Gasteiger partial charge in [-0.3, -0.25) is 0 Å². The van der Waals surface area contributed by atoms with Crippen molar-refractivity contribution in [2.45, 2.75) is 38.9 Å². The Morgan fingerprint density at radius 2 is 2.24 bits per heavy atom. The first-order valence-electron chi connectivity index (χ1n) is 6.28. The summed E-state index contributed by atoms with van der Waals surface area (Å²) >= 11 is 3.55. The van der Waals surface area contributed by atoms with Gasteiger partial charge in [-0.1, -0.05) is 22.0 Å². The second-order valence-corrected chi connectivity index (χ2v) is 5.67. The van der Waals surface area contributed by atoms with E-state index in [1.165, 1.54) is 29.3 Å². The highest BCUT2D eigenvalue weighted by atomic mass is 79.9. The maximum atomic E-state index is 3.59. The summed E-state index contributed by atoms with van der Waals surface area (Å²) in [6.07, 6.45) is 4.97. The third-order valence-electron chi connectivity index (χ3n) is 3.43. The molecule has 1 aliphatic carbocycles. The van der Waals surface area contributed by atoms with Gasteiger partial charge in [-0.05, 0) is 37.5 Å². The molecule has 2 nitrogen and oxygen atoms in total. The zero-order chi connectivity index (χ0) is 11.8. The molecule has 3 heteroatoms. The molecule has 1 aromatic carbocycles. The maximum Gasteiger partial charge on any atom is 0.0494 e. The summed E-state index contributed by atoms with van der Waals surface area (Å²) in [6.45, 7) is 4.21. The standard InChI is InChI=1S/C14H17BrN2/c1-2-17-9-10(8-16-12-4-5-12)13-6-3-11(15)7-14(13)17/h3,6-7,9,12,16H,2,4-5,8H2,1H3. The first kappa shape index (κ1) is 11.3. The SMILES string of the molecule is CCn1cc(CNC2CC2)c2ccc(Br)cc21. The molecule has 0 unspecified atom stereocenters. The van der Waals surface area contributed by atoms with E-state index in [4.69, 9.17) is 0 Å². The van der Waals surface area contributed by atoms with Gasteiger partial charge in [0.2, 0.25) is 0 Å². The average Bonchev–Trinajstić information content (AvgIpc) is 3.09. The van der Waals surface area contributed by atoms with Gasteiger partial charge in [-0.15, -0.1) is 0 Å². The van der Waals surface area contributed by atoms with Gasteiger partial charge in [0.1, 0.15) is 0 Å². The summed E-state index contributed by atoms with van der Waals surface area (Å²) in [7, 11) is 0. The molecule has 0 radical (unpaired) electrons. The molecule has 1 fully saturated rings. The fraction of sp³-hybridized carbons (Fsp3) is 0.429. The number of benzene rings is 1. The molecule has 1 heterocycles. The summed E-state index contributed by atoms with van der Waals surface area (Å²) < 4.78 is 3.48. The van der Waals surface area contributed by atoms with E-state index in [1.807, 2.05) is 0 Å². The molecule has 0 saturated heterocycles.